The number of ether oxygens (including phenoxy) is 3. The highest BCUT2D eigenvalue weighted by molar-refractivity contribution is 5.97. The third kappa shape index (κ3) is 5.05. The summed E-state index contributed by atoms with van der Waals surface area (Å²) in [5.41, 5.74) is 0.566. The van der Waals surface area contributed by atoms with Crippen LogP contribution in [0.4, 0.5) is 0 Å². The van der Waals surface area contributed by atoms with Gasteiger partial charge in [0.05, 0.1) is 38.5 Å². The molecule has 1 atom stereocenters. The van der Waals surface area contributed by atoms with Gasteiger partial charge in [-0.2, -0.15) is 4.80 Å². The predicted molar refractivity (Wildman–Crippen MR) is 101 cm³/mol. The van der Waals surface area contributed by atoms with Crippen LogP contribution in [0, 0.1) is 0 Å². The lowest BCUT2D eigenvalue weighted by Crippen LogP contribution is -2.42. The van der Waals surface area contributed by atoms with Gasteiger partial charge in [-0.05, 0) is 23.8 Å². The van der Waals surface area contributed by atoms with Crippen LogP contribution >= 0.6 is 0 Å². The Hall–Kier alpha value is -2.52. The zero-order valence-electron chi connectivity index (χ0n) is 16.4. The molecule has 3 rings (SSSR count). The first-order valence-corrected chi connectivity index (χ1v) is 9.62. The molecule has 1 aromatic heterocycles. The van der Waals surface area contributed by atoms with Crippen molar-refractivity contribution in [3.8, 4) is 5.75 Å². The number of para-hydroxylation sites is 1. The number of carbonyl (C=O) groups excluding carboxylic acids is 1. The molecule has 1 aromatic carbocycles. The summed E-state index contributed by atoms with van der Waals surface area (Å²) in [6, 6.07) is 7.36. The van der Waals surface area contributed by atoms with Crippen molar-refractivity contribution < 1.29 is 19.0 Å². The second-order valence-electron chi connectivity index (χ2n) is 6.55. The van der Waals surface area contributed by atoms with Gasteiger partial charge in [0.2, 0.25) is 5.82 Å². The molecule has 1 aliphatic rings. The molecule has 0 N–H and O–H groups in total. The van der Waals surface area contributed by atoms with Gasteiger partial charge in [0.25, 0.3) is 5.91 Å². The number of hydrogen-bond donors (Lipinski definition) is 0. The lowest BCUT2D eigenvalue weighted by atomic mass is 10.1. The number of carbonyl (C=O) groups is 1. The first kappa shape index (κ1) is 20.2. The first-order valence-electron chi connectivity index (χ1n) is 9.62. The van der Waals surface area contributed by atoms with Gasteiger partial charge >= 0.3 is 0 Å². The van der Waals surface area contributed by atoms with Crippen molar-refractivity contribution >= 4 is 5.91 Å². The Morgan fingerprint density at radius 1 is 1.32 bits per heavy atom. The minimum absolute atomic E-state index is 0.0767. The van der Waals surface area contributed by atoms with Gasteiger partial charge in [-0.25, -0.2) is 0 Å². The maximum atomic E-state index is 13.1. The van der Waals surface area contributed by atoms with Gasteiger partial charge in [-0.3, -0.25) is 4.79 Å². The Balaban J connectivity index is 1.67. The topological polar surface area (TPSA) is 91.6 Å². The van der Waals surface area contributed by atoms with E-state index >= 15 is 0 Å². The Kier molecular flexibility index (Phi) is 7.32. The van der Waals surface area contributed by atoms with Crippen LogP contribution in [0.25, 0.3) is 0 Å². The average molecular weight is 389 g/mol. The van der Waals surface area contributed by atoms with Crippen LogP contribution in [0.3, 0.4) is 0 Å². The highest BCUT2D eigenvalue weighted by Crippen LogP contribution is 2.24. The van der Waals surface area contributed by atoms with Crippen LogP contribution in [-0.2, 0) is 16.0 Å². The molecule has 0 spiro atoms. The van der Waals surface area contributed by atoms with Gasteiger partial charge < -0.3 is 19.1 Å². The van der Waals surface area contributed by atoms with Gasteiger partial charge in [-0.15, -0.1) is 10.2 Å². The van der Waals surface area contributed by atoms with E-state index in [0.717, 1.165) is 12.8 Å². The number of tetrazole rings is 1. The second-order valence-corrected chi connectivity index (χ2v) is 6.55. The second kappa shape index (κ2) is 10.1. The van der Waals surface area contributed by atoms with E-state index in [-0.39, 0.29) is 5.91 Å². The van der Waals surface area contributed by atoms with E-state index in [4.69, 9.17) is 14.2 Å². The van der Waals surface area contributed by atoms with Crippen molar-refractivity contribution in [2.24, 2.45) is 0 Å². The Bertz CT molecular complexity index is 766. The van der Waals surface area contributed by atoms with Crippen LogP contribution in [0.15, 0.2) is 24.3 Å². The molecule has 1 fully saturated rings. The summed E-state index contributed by atoms with van der Waals surface area (Å²) in [6.07, 6.45) is 1.59. The molecule has 0 bridgehead atoms. The van der Waals surface area contributed by atoms with Crippen LogP contribution < -0.4 is 4.74 Å². The van der Waals surface area contributed by atoms with Crippen LogP contribution in [0.5, 0.6) is 5.75 Å². The number of unbranched alkanes of at least 4 members (excludes halogenated alkanes) is 1. The molecule has 28 heavy (non-hydrogen) atoms. The summed E-state index contributed by atoms with van der Waals surface area (Å²) in [5.74, 6) is 1.01. The van der Waals surface area contributed by atoms with Crippen molar-refractivity contribution in [3.63, 3.8) is 0 Å². The van der Waals surface area contributed by atoms with Gasteiger partial charge in [-0.1, -0.05) is 25.5 Å². The Labute approximate surface area is 164 Å². The normalized spacial score (nSPS) is 16.9. The number of benzene rings is 1. The van der Waals surface area contributed by atoms with Crippen molar-refractivity contribution in [1.29, 1.82) is 0 Å². The molecule has 152 valence electrons. The lowest BCUT2D eigenvalue weighted by Gasteiger charge is -2.31. The molecular formula is C19H27N5O4. The number of methoxy groups -OCH3 is 1. The van der Waals surface area contributed by atoms with E-state index in [1.807, 2.05) is 18.2 Å². The standard InChI is InChI=1S/C19H27N5O4/c1-3-4-11-27-16-8-6-5-7-15(16)19(25)23-9-13-28-17(14-23)18-20-22-24(21-18)10-12-26-2/h5-8,17H,3-4,9-14H2,1-2H3. The van der Waals surface area contributed by atoms with E-state index in [1.165, 1.54) is 4.80 Å². The molecule has 1 amide bonds. The molecule has 9 heteroatoms. The number of rotatable bonds is 9. The quantitative estimate of drug-likeness (QED) is 0.603. The van der Waals surface area contributed by atoms with Gasteiger partial charge in [0.15, 0.2) is 0 Å². The summed E-state index contributed by atoms with van der Waals surface area (Å²) in [7, 11) is 1.62. The van der Waals surface area contributed by atoms with E-state index in [1.54, 1.807) is 18.1 Å². The average Bonchev–Trinajstić information content (AvgIpc) is 3.21. The number of hydrogen-bond acceptors (Lipinski definition) is 7. The highest BCUT2D eigenvalue weighted by Gasteiger charge is 2.30. The van der Waals surface area contributed by atoms with Crippen molar-refractivity contribution in [3.05, 3.63) is 35.7 Å². The minimum atomic E-state index is -0.401. The summed E-state index contributed by atoms with van der Waals surface area (Å²) in [4.78, 5) is 16.3. The van der Waals surface area contributed by atoms with E-state index in [0.29, 0.717) is 56.6 Å². The predicted octanol–water partition coefficient (Wildman–Crippen LogP) is 1.71. The molecular weight excluding hydrogens is 362 g/mol. The zero-order chi connectivity index (χ0) is 19.8. The summed E-state index contributed by atoms with van der Waals surface area (Å²) >= 11 is 0. The fraction of sp³-hybridized carbons (Fsp3) is 0.579. The Morgan fingerprint density at radius 2 is 2.18 bits per heavy atom. The van der Waals surface area contributed by atoms with Gasteiger partial charge in [0, 0.05) is 13.7 Å². The van der Waals surface area contributed by atoms with E-state index in [9.17, 15) is 4.79 Å². The van der Waals surface area contributed by atoms with Crippen LogP contribution in [-0.4, -0.2) is 71.0 Å². The smallest absolute Gasteiger partial charge is 0.257 e. The van der Waals surface area contributed by atoms with E-state index in [2.05, 4.69) is 22.3 Å². The summed E-state index contributed by atoms with van der Waals surface area (Å²) in [6.45, 7) is 5.02. The van der Waals surface area contributed by atoms with Crippen molar-refractivity contribution in [1.82, 2.24) is 25.1 Å². The van der Waals surface area contributed by atoms with Crippen LogP contribution in [0.2, 0.25) is 0 Å². The number of morpholine rings is 1. The highest BCUT2D eigenvalue weighted by atomic mass is 16.5. The van der Waals surface area contributed by atoms with Crippen molar-refractivity contribution in [2.75, 3.05) is 40.0 Å². The monoisotopic (exact) mass is 389 g/mol. The zero-order valence-corrected chi connectivity index (χ0v) is 16.4. The first-order chi connectivity index (χ1) is 13.7. The fourth-order valence-corrected chi connectivity index (χ4v) is 2.91. The lowest BCUT2D eigenvalue weighted by molar-refractivity contribution is -0.0270. The minimum Gasteiger partial charge on any atom is -0.493 e. The maximum Gasteiger partial charge on any atom is 0.257 e. The Morgan fingerprint density at radius 3 is 3.00 bits per heavy atom. The van der Waals surface area contributed by atoms with Crippen LogP contribution in [0.1, 0.15) is 42.1 Å². The molecule has 0 radical (unpaired) electrons. The number of nitrogens with zero attached hydrogens (tertiary/aromatic N) is 5. The fourth-order valence-electron chi connectivity index (χ4n) is 2.91. The number of aromatic nitrogens is 4. The van der Waals surface area contributed by atoms with Crippen molar-refractivity contribution in [2.45, 2.75) is 32.4 Å². The maximum absolute atomic E-state index is 13.1. The van der Waals surface area contributed by atoms with E-state index < -0.39 is 6.10 Å². The molecule has 1 aliphatic heterocycles. The molecule has 0 aliphatic carbocycles. The summed E-state index contributed by atoms with van der Waals surface area (Å²) in [5, 5.41) is 12.4. The SMILES string of the molecule is CCCCOc1ccccc1C(=O)N1CCOC(c2nnn(CCOC)n2)C1. The molecule has 9 nitrogen and oxygen atoms in total. The molecule has 2 heterocycles. The number of amides is 1. The largest absolute Gasteiger partial charge is 0.493 e. The molecule has 1 unspecified atom stereocenters. The summed E-state index contributed by atoms with van der Waals surface area (Å²) < 4.78 is 16.6. The third-order valence-corrected chi connectivity index (χ3v) is 4.48. The van der Waals surface area contributed by atoms with Gasteiger partial charge in [0.1, 0.15) is 11.9 Å². The molecule has 2 aromatic rings. The molecule has 1 saturated heterocycles. The molecule has 0 saturated carbocycles. The third-order valence-electron chi connectivity index (χ3n) is 4.48.